The lowest BCUT2D eigenvalue weighted by atomic mass is 9.96. The lowest BCUT2D eigenvalue weighted by Gasteiger charge is -2.22. The summed E-state index contributed by atoms with van der Waals surface area (Å²) >= 11 is 1.38. The maximum absolute atomic E-state index is 12.4. The lowest BCUT2D eigenvalue weighted by molar-refractivity contribution is -0.122. The summed E-state index contributed by atoms with van der Waals surface area (Å²) in [5.74, 6) is -0.569. The molecule has 3 rings (SSSR count). The Hall–Kier alpha value is -2.08. The molecule has 1 saturated carbocycles. The van der Waals surface area contributed by atoms with E-state index >= 15 is 0 Å². The van der Waals surface area contributed by atoms with Crippen molar-refractivity contribution in [2.75, 3.05) is 5.32 Å². The first-order valence-electron chi connectivity index (χ1n) is 8.91. The first-order valence-corrected chi connectivity index (χ1v) is 9.73. The van der Waals surface area contributed by atoms with Crippen LogP contribution in [0.15, 0.2) is 30.3 Å². The van der Waals surface area contributed by atoms with Gasteiger partial charge in [-0.25, -0.2) is 0 Å². The molecule has 1 heterocycles. The second-order valence-corrected chi connectivity index (χ2v) is 7.64. The van der Waals surface area contributed by atoms with Crippen LogP contribution in [0.2, 0.25) is 0 Å². The molecule has 2 aromatic rings. The highest BCUT2D eigenvalue weighted by molar-refractivity contribution is 7.16. The van der Waals surface area contributed by atoms with Crippen LogP contribution in [0.4, 0.5) is 5.13 Å². The molecule has 1 aromatic heterocycles. The van der Waals surface area contributed by atoms with Crippen molar-refractivity contribution in [3.8, 4) is 5.88 Å². The van der Waals surface area contributed by atoms with Gasteiger partial charge in [-0.15, -0.1) is 0 Å². The van der Waals surface area contributed by atoms with Crippen LogP contribution in [0.1, 0.15) is 55.4 Å². The fraction of sp³-hybridized carbons (Fsp3) is 0.474. The highest BCUT2D eigenvalue weighted by Crippen LogP contribution is 2.35. The topological polar surface area (TPSA) is 74.2 Å². The van der Waals surface area contributed by atoms with Gasteiger partial charge in [0.25, 0.3) is 0 Å². The Bertz CT molecular complexity index is 696. The summed E-state index contributed by atoms with van der Waals surface area (Å²) in [6.07, 6.45) is 6.05. The molecule has 0 aliphatic heterocycles. The Morgan fingerprint density at radius 3 is 2.72 bits per heavy atom. The van der Waals surface area contributed by atoms with Crippen molar-refractivity contribution >= 4 is 22.4 Å². The molecule has 1 fully saturated rings. The number of carbonyl (C=O) groups is 1. The summed E-state index contributed by atoms with van der Waals surface area (Å²) in [6.45, 7) is 2.29. The van der Waals surface area contributed by atoms with Gasteiger partial charge in [0, 0.05) is 12.6 Å². The molecule has 1 unspecified atom stereocenters. The molecule has 1 aromatic carbocycles. The zero-order chi connectivity index (χ0) is 17.6. The van der Waals surface area contributed by atoms with Crippen LogP contribution in [0, 0.1) is 0 Å². The van der Waals surface area contributed by atoms with Gasteiger partial charge in [0.1, 0.15) is 0 Å². The summed E-state index contributed by atoms with van der Waals surface area (Å²) in [4.78, 5) is 17.2. The number of aromatic hydroxyl groups is 1. The standard InChI is InChI=1S/C19H25N3O2S/c1-13(17(23)20-12-14-8-4-2-5-9-14)16-18(24)22-19(25-16)21-15-10-6-3-7-11-15/h2,4-5,8-9,13,15,24H,3,6-7,10-12H2,1H3,(H,20,23)(H,21,22). The van der Waals surface area contributed by atoms with Crippen molar-refractivity contribution in [3.05, 3.63) is 40.8 Å². The van der Waals surface area contributed by atoms with Gasteiger partial charge in [-0.05, 0) is 25.3 Å². The molecule has 3 N–H and O–H groups in total. The van der Waals surface area contributed by atoms with Crippen LogP contribution >= 0.6 is 11.3 Å². The van der Waals surface area contributed by atoms with Crippen LogP contribution in [-0.4, -0.2) is 22.0 Å². The number of nitrogens with zero attached hydrogens (tertiary/aromatic N) is 1. The van der Waals surface area contributed by atoms with Gasteiger partial charge < -0.3 is 15.7 Å². The second kappa shape index (κ2) is 8.34. The van der Waals surface area contributed by atoms with E-state index in [0.29, 0.717) is 22.6 Å². The van der Waals surface area contributed by atoms with Crippen LogP contribution < -0.4 is 10.6 Å². The average Bonchev–Trinajstić information content (AvgIpc) is 3.01. The van der Waals surface area contributed by atoms with Gasteiger partial charge in [-0.3, -0.25) is 4.79 Å². The van der Waals surface area contributed by atoms with Gasteiger partial charge in [0.2, 0.25) is 11.8 Å². The number of amides is 1. The van der Waals surface area contributed by atoms with Crippen LogP contribution in [0.25, 0.3) is 0 Å². The van der Waals surface area contributed by atoms with Crippen molar-refractivity contribution in [1.82, 2.24) is 10.3 Å². The fourth-order valence-corrected chi connectivity index (χ4v) is 4.13. The van der Waals surface area contributed by atoms with Gasteiger partial charge >= 0.3 is 0 Å². The number of rotatable bonds is 6. The third-order valence-electron chi connectivity index (χ3n) is 4.66. The Labute approximate surface area is 152 Å². The number of nitrogens with one attached hydrogen (secondary N) is 2. The van der Waals surface area contributed by atoms with E-state index in [4.69, 9.17) is 0 Å². The highest BCUT2D eigenvalue weighted by atomic mass is 32.1. The molecule has 5 nitrogen and oxygen atoms in total. The zero-order valence-corrected chi connectivity index (χ0v) is 15.3. The van der Waals surface area contributed by atoms with E-state index in [9.17, 15) is 9.90 Å². The number of hydrogen-bond donors (Lipinski definition) is 3. The van der Waals surface area contributed by atoms with E-state index in [-0.39, 0.29) is 11.8 Å². The average molecular weight is 359 g/mol. The van der Waals surface area contributed by atoms with Crippen LogP contribution in [0.5, 0.6) is 5.88 Å². The summed E-state index contributed by atoms with van der Waals surface area (Å²) < 4.78 is 0. The molecule has 1 amide bonds. The van der Waals surface area contributed by atoms with E-state index in [0.717, 1.165) is 18.4 Å². The summed E-state index contributed by atoms with van der Waals surface area (Å²) in [5.41, 5.74) is 1.05. The van der Waals surface area contributed by atoms with Crippen molar-refractivity contribution in [2.24, 2.45) is 0 Å². The summed E-state index contributed by atoms with van der Waals surface area (Å²) in [7, 11) is 0. The Kier molecular flexibility index (Phi) is 5.91. The number of carbonyl (C=O) groups excluding carboxylic acids is 1. The molecule has 0 bridgehead atoms. The highest BCUT2D eigenvalue weighted by Gasteiger charge is 2.24. The zero-order valence-electron chi connectivity index (χ0n) is 14.5. The predicted octanol–water partition coefficient (Wildman–Crippen LogP) is 4.01. The number of anilines is 1. The molecule has 134 valence electrons. The molecule has 0 spiro atoms. The summed E-state index contributed by atoms with van der Waals surface area (Å²) in [6, 6.07) is 10.2. The molecule has 0 saturated heterocycles. The van der Waals surface area contributed by atoms with Crippen molar-refractivity contribution in [2.45, 2.75) is 57.5 Å². The number of benzene rings is 1. The molecule has 1 aliphatic carbocycles. The smallest absolute Gasteiger partial charge is 0.228 e. The van der Waals surface area contributed by atoms with E-state index in [1.807, 2.05) is 30.3 Å². The number of hydrogen-bond acceptors (Lipinski definition) is 5. The van der Waals surface area contributed by atoms with Crippen molar-refractivity contribution in [3.63, 3.8) is 0 Å². The van der Waals surface area contributed by atoms with E-state index in [1.165, 1.54) is 30.6 Å². The predicted molar refractivity (Wildman–Crippen MR) is 101 cm³/mol. The third-order valence-corrected chi connectivity index (χ3v) is 5.82. The minimum absolute atomic E-state index is 0.0364. The largest absolute Gasteiger partial charge is 0.492 e. The van der Waals surface area contributed by atoms with Crippen molar-refractivity contribution in [1.29, 1.82) is 0 Å². The normalized spacial score (nSPS) is 16.4. The maximum Gasteiger partial charge on any atom is 0.228 e. The summed E-state index contributed by atoms with van der Waals surface area (Å²) in [5, 5.41) is 17.2. The quantitative estimate of drug-likeness (QED) is 0.728. The van der Waals surface area contributed by atoms with Gasteiger partial charge in [-0.2, -0.15) is 4.98 Å². The maximum atomic E-state index is 12.4. The van der Waals surface area contributed by atoms with Crippen LogP contribution in [0.3, 0.4) is 0 Å². The van der Waals surface area contributed by atoms with Gasteiger partial charge in [-0.1, -0.05) is 60.9 Å². The first kappa shape index (κ1) is 17.7. The second-order valence-electron chi connectivity index (χ2n) is 6.61. The van der Waals surface area contributed by atoms with E-state index < -0.39 is 5.92 Å². The van der Waals surface area contributed by atoms with E-state index in [2.05, 4.69) is 15.6 Å². The molecule has 25 heavy (non-hydrogen) atoms. The van der Waals surface area contributed by atoms with Crippen LogP contribution in [-0.2, 0) is 11.3 Å². The molecule has 0 radical (unpaired) electrons. The Balaban J connectivity index is 1.59. The third kappa shape index (κ3) is 4.72. The Morgan fingerprint density at radius 2 is 2.00 bits per heavy atom. The number of aromatic nitrogens is 1. The fourth-order valence-electron chi connectivity index (χ4n) is 3.15. The number of thiazole rings is 1. The molecular formula is C19H25N3O2S. The Morgan fingerprint density at radius 1 is 1.28 bits per heavy atom. The monoisotopic (exact) mass is 359 g/mol. The minimum Gasteiger partial charge on any atom is -0.492 e. The minimum atomic E-state index is -0.428. The SMILES string of the molecule is CC(C(=O)NCc1ccccc1)c1sc(NC2CCCCC2)nc1O. The molecule has 6 heteroatoms. The lowest BCUT2D eigenvalue weighted by Crippen LogP contribution is -2.27. The van der Waals surface area contributed by atoms with Gasteiger partial charge in [0.15, 0.2) is 5.13 Å². The van der Waals surface area contributed by atoms with Gasteiger partial charge in [0.05, 0.1) is 10.8 Å². The first-order chi connectivity index (χ1) is 12.1. The molecule has 1 aliphatic rings. The molecular weight excluding hydrogens is 334 g/mol. The van der Waals surface area contributed by atoms with Crippen molar-refractivity contribution < 1.29 is 9.90 Å². The van der Waals surface area contributed by atoms with E-state index in [1.54, 1.807) is 6.92 Å². The molecule has 1 atom stereocenters.